The minimum Gasteiger partial charge on any atom is -0.476 e. The number of carbonyl (C=O) groups is 1. The first-order valence-electron chi connectivity index (χ1n) is 9.19. The van der Waals surface area contributed by atoms with Crippen LogP contribution in [0.1, 0.15) is 5.69 Å². The number of hydrogen-bond donors (Lipinski definition) is 1. The van der Waals surface area contributed by atoms with Crippen LogP contribution in [0.5, 0.6) is 5.88 Å². The Kier molecular flexibility index (Phi) is 6.53. The van der Waals surface area contributed by atoms with E-state index in [4.69, 9.17) is 4.74 Å². The maximum atomic E-state index is 12.0. The fourth-order valence-electron chi connectivity index (χ4n) is 2.81. The predicted molar refractivity (Wildman–Crippen MR) is 103 cm³/mol. The zero-order valence-corrected chi connectivity index (χ0v) is 16.2. The van der Waals surface area contributed by atoms with Crippen LogP contribution in [0.4, 0.5) is 5.82 Å². The predicted octanol–water partition coefficient (Wildman–Crippen LogP) is -0.711. The number of ether oxygens (including phenoxy) is 1. The zero-order valence-electron chi connectivity index (χ0n) is 16.2. The number of anilines is 1. The summed E-state index contributed by atoms with van der Waals surface area (Å²) in [4.78, 5) is 40.6. The minimum absolute atomic E-state index is 0.0762. The summed E-state index contributed by atoms with van der Waals surface area (Å²) in [5.74, 6) is 1.03. The van der Waals surface area contributed by atoms with Crippen LogP contribution < -0.4 is 20.5 Å². The number of likely N-dealkylation sites (N-methyl/N-ethyl adjacent to an activating group) is 1. The number of rotatable bonds is 7. The van der Waals surface area contributed by atoms with Gasteiger partial charge < -0.3 is 19.9 Å². The molecule has 1 N–H and O–H groups in total. The van der Waals surface area contributed by atoms with Crippen molar-refractivity contribution in [1.82, 2.24) is 29.7 Å². The first-order chi connectivity index (χ1) is 13.5. The highest BCUT2D eigenvalue weighted by Crippen LogP contribution is 2.17. The Morgan fingerprint density at radius 1 is 1.18 bits per heavy atom. The third-order valence-corrected chi connectivity index (χ3v) is 4.46. The summed E-state index contributed by atoms with van der Waals surface area (Å²) in [6.45, 7) is 6.04. The van der Waals surface area contributed by atoms with E-state index in [-0.39, 0.29) is 24.6 Å². The molecule has 0 aromatic carbocycles. The van der Waals surface area contributed by atoms with Gasteiger partial charge in [-0.1, -0.05) is 0 Å². The van der Waals surface area contributed by atoms with E-state index in [0.717, 1.165) is 32.0 Å². The molecule has 1 aliphatic rings. The first kappa shape index (κ1) is 19.7. The Morgan fingerprint density at radius 3 is 2.71 bits per heavy atom. The molecule has 0 saturated carbocycles. The van der Waals surface area contributed by atoms with Crippen molar-refractivity contribution in [3.8, 4) is 5.88 Å². The van der Waals surface area contributed by atoms with Gasteiger partial charge in [-0.25, -0.2) is 15.0 Å². The van der Waals surface area contributed by atoms with E-state index in [1.807, 2.05) is 6.07 Å². The van der Waals surface area contributed by atoms with E-state index in [1.165, 1.54) is 23.3 Å². The lowest BCUT2D eigenvalue weighted by atomic mass is 10.3. The quantitative estimate of drug-likeness (QED) is 0.621. The maximum Gasteiger partial charge on any atom is 0.253 e. The molecule has 3 rings (SSSR count). The van der Waals surface area contributed by atoms with Crippen molar-refractivity contribution in [2.75, 3.05) is 51.3 Å². The smallest absolute Gasteiger partial charge is 0.253 e. The first-order valence-corrected chi connectivity index (χ1v) is 9.19. The number of nitrogens with zero attached hydrogens (tertiary/aromatic N) is 6. The highest BCUT2D eigenvalue weighted by atomic mass is 16.5. The fourth-order valence-corrected chi connectivity index (χ4v) is 2.81. The molecule has 1 amide bonds. The second-order valence-electron chi connectivity index (χ2n) is 6.70. The number of hydrogen-bond acceptors (Lipinski definition) is 8. The number of amides is 1. The average Bonchev–Trinajstić information content (AvgIpc) is 2.68. The van der Waals surface area contributed by atoms with E-state index < -0.39 is 0 Å². The lowest BCUT2D eigenvalue weighted by molar-refractivity contribution is -0.121. The molecular weight excluding hydrogens is 362 g/mol. The highest BCUT2D eigenvalue weighted by molar-refractivity contribution is 5.75. The number of aryl methyl sites for hydroxylation is 1. The second kappa shape index (κ2) is 9.27. The van der Waals surface area contributed by atoms with Gasteiger partial charge in [-0.3, -0.25) is 14.2 Å². The van der Waals surface area contributed by atoms with Gasteiger partial charge >= 0.3 is 0 Å². The molecule has 28 heavy (non-hydrogen) atoms. The van der Waals surface area contributed by atoms with Gasteiger partial charge in [-0.05, 0) is 14.0 Å². The number of aromatic nitrogens is 4. The van der Waals surface area contributed by atoms with Gasteiger partial charge in [0, 0.05) is 44.0 Å². The van der Waals surface area contributed by atoms with Gasteiger partial charge in [-0.2, -0.15) is 0 Å². The third kappa shape index (κ3) is 5.49. The molecule has 1 fully saturated rings. The lowest BCUT2D eigenvalue weighted by Gasteiger charge is -2.33. The van der Waals surface area contributed by atoms with Crippen molar-refractivity contribution in [2.24, 2.45) is 0 Å². The molecule has 3 heterocycles. The van der Waals surface area contributed by atoms with Crippen molar-refractivity contribution >= 4 is 11.7 Å². The Morgan fingerprint density at radius 2 is 1.96 bits per heavy atom. The Balaban J connectivity index is 1.43. The molecule has 0 atom stereocenters. The van der Waals surface area contributed by atoms with Crippen molar-refractivity contribution in [1.29, 1.82) is 0 Å². The van der Waals surface area contributed by atoms with Crippen molar-refractivity contribution in [3.63, 3.8) is 0 Å². The van der Waals surface area contributed by atoms with Crippen molar-refractivity contribution in [3.05, 3.63) is 40.8 Å². The monoisotopic (exact) mass is 387 g/mol. The van der Waals surface area contributed by atoms with E-state index in [9.17, 15) is 9.59 Å². The van der Waals surface area contributed by atoms with Gasteiger partial charge in [0.05, 0.1) is 12.9 Å². The summed E-state index contributed by atoms with van der Waals surface area (Å²) >= 11 is 0. The van der Waals surface area contributed by atoms with Gasteiger partial charge in [0.1, 0.15) is 25.3 Å². The summed E-state index contributed by atoms with van der Waals surface area (Å²) in [5.41, 5.74) is 0.368. The van der Waals surface area contributed by atoms with Crippen molar-refractivity contribution in [2.45, 2.75) is 13.5 Å². The second-order valence-corrected chi connectivity index (χ2v) is 6.70. The number of nitrogens with one attached hydrogen (secondary N) is 1. The molecular formula is C18H25N7O3. The van der Waals surface area contributed by atoms with Crippen LogP contribution >= 0.6 is 0 Å². The number of carbonyl (C=O) groups excluding carboxylic acids is 1. The summed E-state index contributed by atoms with van der Waals surface area (Å²) in [5, 5.41) is 2.72. The SMILES string of the molecule is Cc1cc(=O)n(CC(=O)NCCOc2cc(N3CCN(C)CC3)ncn2)cn1. The molecule has 2 aromatic heterocycles. The van der Waals surface area contributed by atoms with Crippen molar-refractivity contribution < 1.29 is 9.53 Å². The van der Waals surface area contributed by atoms with E-state index in [2.05, 4.69) is 37.1 Å². The highest BCUT2D eigenvalue weighted by Gasteiger charge is 2.16. The van der Waals surface area contributed by atoms with Gasteiger partial charge in [0.2, 0.25) is 11.8 Å². The largest absolute Gasteiger partial charge is 0.476 e. The molecule has 1 saturated heterocycles. The standard InChI is InChI=1S/C18H25N7O3/c1-14-9-18(27)25(13-22-14)11-16(26)19-3-8-28-17-10-15(20-12-21-17)24-6-4-23(2)5-7-24/h9-10,12-13H,3-8,11H2,1-2H3,(H,19,26). The third-order valence-electron chi connectivity index (χ3n) is 4.46. The van der Waals surface area contributed by atoms with Crippen LogP contribution in [0.2, 0.25) is 0 Å². The van der Waals surface area contributed by atoms with Crippen LogP contribution in [0.3, 0.4) is 0 Å². The van der Waals surface area contributed by atoms with Crippen LogP contribution in [-0.2, 0) is 11.3 Å². The molecule has 0 radical (unpaired) electrons. The normalized spacial score (nSPS) is 14.7. The maximum absolute atomic E-state index is 12.0. The molecule has 0 spiro atoms. The molecule has 0 bridgehead atoms. The number of piperazine rings is 1. The molecule has 2 aromatic rings. The van der Waals surface area contributed by atoms with E-state index in [1.54, 1.807) is 6.92 Å². The van der Waals surface area contributed by atoms with Gasteiger partial charge in [-0.15, -0.1) is 0 Å². The molecule has 10 heteroatoms. The van der Waals surface area contributed by atoms with Crippen LogP contribution in [0.25, 0.3) is 0 Å². The molecule has 1 aliphatic heterocycles. The molecule has 0 aliphatic carbocycles. The topological polar surface area (TPSA) is 105 Å². The molecule has 150 valence electrons. The van der Waals surface area contributed by atoms with Gasteiger partial charge in [0.25, 0.3) is 5.56 Å². The zero-order chi connectivity index (χ0) is 19.9. The van der Waals surface area contributed by atoms with Crippen LogP contribution in [-0.4, -0.2) is 76.7 Å². The fraction of sp³-hybridized carbons (Fsp3) is 0.500. The van der Waals surface area contributed by atoms with Crippen LogP contribution in [0.15, 0.2) is 29.6 Å². The Labute approximate surface area is 163 Å². The summed E-state index contributed by atoms with van der Waals surface area (Å²) in [6, 6.07) is 3.20. The Bertz CT molecular complexity index is 862. The summed E-state index contributed by atoms with van der Waals surface area (Å²) in [6.07, 6.45) is 2.85. The van der Waals surface area contributed by atoms with E-state index >= 15 is 0 Å². The summed E-state index contributed by atoms with van der Waals surface area (Å²) < 4.78 is 6.87. The summed E-state index contributed by atoms with van der Waals surface area (Å²) in [7, 11) is 2.10. The van der Waals surface area contributed by atoms with E-state index in [0.29, 0.717) is 18.1 Å². The molecule has 10 nitrogen and oxygen atoms in total. The molecule has 0 unspecified atom stereocenters. The lowest BCUT2D eigenvalue weighted by Crippen LogP contribution is -2.44. The average molecular weight is 387 g/mol. The minimum atomic E-state index is -0.280. The van der Waals surface area contributed by atoms with Crippen LogP contribution in [0, 0.1) is 6.92 Å². The van der Waals surface area contributed by atoms with Gasteiger partial charge in [0.15, 0.2) is 0 Å². The Hall–Kier alpha value is -3.01.